The van der Waals surface area contributed by atoms with E-state index in [0.717, 1.165) is 17.8 Å². The van der Waals surface area contributed by atoms with Gasteiger partial charge in [0, 0.05) is 37.5 Å². The Balaban J connectivity index is 1.50. The zero-order chi connectivity index (χ0) is 23.8. The lowest BCUT2D eigenvalue weighted by molar-refractivity contribution is -0.137. The molecule has 0 radical (unpaired) electrons. The van der Waals surface area contributed by atoms with Crippen LogP contribution in [0.2, 0.25) is 5.02 Å². The van der Waals surface area contributed by atoms with E-state index in [0.29, 0.717) is 63.9 Å². The van der Waals surface area contributed by atoms with Gasteiger partial charge in [0.2, 0.25) is 5.91 Å². The number of piperidine rings is 1. The number of carbonyl (C=O) groups excluding carboxylic acids is 1. The highest BCUT2D eigenvalue weighted by Crippen LogP contribution is 2.34. The first-order chi connectivity index (χ1) is 15.8. The number of anilines is 2. The molecule has 6 nitrogen and oxygen atoms in total. The Bertz CT molecular complexity index is 935. The van der Waals surface area contributed by atoms with E-state index in [1.54, 1.807) is 0 Å². The zero-order valence-corrected chi connectivity index (χ0v) is 19.1. The van der Waals surface area contributed by atoms with Crippen LogP contribution in [0.5, 0.6) is 0 Å². The van der Waals surface area contributed by atoms with Gasteiger partial charge in [-0.3, -0.25) is 4.79 Å². The Morgan fingerprint density at radius 3 is 2.61 bits per heavy atom. The van der Waals surface area contributed by atoms with Crippen LogP contribution in [0.4, 0.5) is 24.7 Å². The summed E-state index contributed by atoms with van der Waals surface area (Å²) in [4.78, 5) is 18.5. The van der Waals surface area contributed by atoms with Crippen LogP contribution in [0.15, 0.2) is 36.5 Å². The minimum Gasteiger partial charge on any atom is -0.379 e. The molecule has 180 valence electrons. The normalized spacial score (nSPS) is 15.0. The Labute approximate surface area is 196 Å². The van der Waals surface area contributed by atoms with Gasteiger partial charge < -0.3 is 19.7 Å². The topological polar surface area (TPSA) is 63.7 Å². The molecule has 2 aromatic rings. The lowest BCUT2D eigenvalue weighted by atomic mass is 9.95. The van der Waals surface area contributed by atoms with Crippen molar-refractivity contribution in [1.82, 2.24) is 4.98 Å². The van der Waals surface area contributed by atoms with Crippen LogP contribution in [0.25, 0.3) is 0 Å². The fraction of sp³-hybridized carbons (Fsp3) is 0.478. The molecule has 1 aliphatic heterocycles. The maximum Gasteiger partial charge on any atom is 0.417 e. The Morgan fingerprint density at radius 1 is 1.21 bits per heavy atom. The molecule has 0 atom stereocenters. The molecule has 1 aromatic carbocycles. The van der Waals surface area contributed by atoms with Crippen molar-refractivity contribution in [3.63, 3.8) is 0 Å². The molecule has 1 fully saturated rings. The number of hydrogen-bond donors (Lipinski definition) is 1. The Morgan fingerprint density at radius 2 is 1.94 bits per heavy atom. The molecule has 1 aromatic heterocycles. The van der Waals surface area contributed by atoms with E-state index < -0.39 is 11.7 Å². The second-order valence-electron chi connectivity index (χ2n) is 7.73. The third-order valence-corrected chi connectivity index (χ3v) is 5.63. The van der Waals surface area contributed by atoms with Gasteiger partial charge in [0.1, 0.15) is 5.82 Å². The van der Waals surface area contributed by atoms with Crippen LogP contribution in [0.1, 0.15) is 30.9 Å². The number of carbonyl (C=O) groups is 1. The molecule has 2 heterocycles. The number of rotatable bonds is 9. The van der Waals surface area contributed by atoms with Gasteiger partial charge in [-0.15, -0.1) is 0 Å². The van der Waals surface area contributed by atoms with Gasteiger partial charge in [0.05, 0.1) is 30.4 Å². The zero-order valence-electron chi connectivity index (χ0n) is 18.3. The second-order valence-corrected chi connectivity index (χ2v) is 8.13. The summed E-state index contributed by atoms with van der Waals surface area (Å²) < 4.78 is 49.3. The third kappa shape index (κ3) is 7.31. The largest absolute Gasteiger partial charge is 0.417 e. The summed E-state index contributed by atoms with van der Waals surface area (Å²) >= 11 is 6.05. The van der Waals surface area contributed by atoms with Gasteiger partial charge in [-0.25, -0.2) is 4.98 Å². The lowest BCUT2D eigenvalue weighted by Crippen LogP contribution is -2.38. The average molecular weight is 486 g/mol. The summed E-state index contributed by atoms with van der Waals surface area (Å²) in [6.45, 7) is 5.00. The minimum atomic E-state index is -4.49. The SMILES string of the molecule is CCOCCOCc1cccc(NC(=O)C2CCN(c3ncc(C(F)(F)F)cc3Cl)CC2)c1. The molecule has 33 heavy (non-hydrogen) atoms. The Kier molecular flexibility index (Phi) is 8.94. The van der Waals surface area contributed by atoms with Gasteiger partial charge in [0.25, 0.3) is 0 Å². The van der Waals surface area contributed by atoms with Gasteiger partial charge in [-0.2, -0.15) is 13.2 Å². The maximum atomic E-state index is 12.8. The average Bonchev–Trinajstić information content (AvgIpc) is 2.79. The van der Waals surface area contributed by atoms with Crippen LogP contribution < -0.4 is 10.2 Å². The van der Waals surface area contributed by atoms with E-state index in [1.807, 2.05) is 36.1 Å². The minimum absolute atomic E-state index is 0.0481. The number of nitrogens with one attached hydrogen (secondary N) is 1. The van der Waals surface area contributed by atoms with E-state index in [9.17, 15) is 18.0 Å². The number of pyridine rings is 1. The standard InChI is InChI=1S/C23H27ClF3N3O3/c1-2-32-10-11-33-15-16-4-3-5-19(12-16)29-22(31)17-6-8-30(9-7-17)21-20(24)13-18(14-28-21)23(25,26)27/h3-5,12-14,17H,2,6-11,15H2,1H3,(H,29,31). The molecule has 10 heteroatoms. The van der Waals surface area contributed by atoms with Gasteiger partial charge >= 0.3 is 6.18 Å². The number of amides is 1. The van der Waals surface area contributed by atoms with E-state index in [-0.39, 0.29) is 16.8 Å². The quantitative estimate of drug-likeness (QED) is 0.497. The van der Waals surface area contributed by atoms with Crippen molar-refractivity contribution >= 4 is 29.0 Å². The monoisotopic (exact) mass is 485 g/mol. The van der Waals surface area contributed by atoms with E-state index in [1.165, 1.54) is 0 Å². The highest BCUT2D eigenvalue weighted by atomic mass is 35.5. The van der Waals surface area contributed by atoms with Crippen LogP contribution in [0.3, 0.4) is 0 Å². The van der Waals surface area contributed by atoms with E-state index in [2.05, 4.69) is 10.3 Å². The summed E-state index contributed by atoms with van der Waals surface area (Å²) in [6.07, 6.45) is -2.61. The van der Waals surface area contributed by atoms with Gasteiger partial charge in [-0.1, -0.05) is 23.7 Å². The molecule has 1 aliphatic rings. The number of hydrogen-bond acceptors (Lipinski definition) is 5. The van der Waals surface area contributed by atoms with Gasteiger partial charge in [0.15, 0.2) is 0 Å². The van der Waals surface area contributed by atoms with Crippen molar-refractivity contribution < 1.29 is 27.4 Å². The molecule has 0 unspecified atom stereocenters. The van der Waals surface area contributed by atoms with Gasteiger partial charge in [-0.05, 0) is 43.5 Å². The van der Waals surface area contributed by atoms with Crippen LogP contribution in [-0.2, 0) is 27.1 Å². The number of ether oxygens (including phenoxy) is 2. The second kappa shape index (κ2) is 11.7. The van der Waals surface area contributed by atoms with E-state index in [4.69, 9.17) is 21.1 Å². The number of benzene rings is 1. The number of aromatic nitrogens is 1. The molecule has 0 bridgehead atoms. The smallest absolute Gasteiger partial charge is 0.379 e. The van der Waals surface area contributed by atoms with Crippen molar-refractivity contribution in [2.45, 2.75) is 32.5 Å². The van der Waals surface area contributed by atoms with Crippen LogP contribution in [0, 0.1) is 5.92 Å². The first-order valence-corrected chi connectivity index (χ1v) is 11.2. The molecule has 0 spiro atoms. The highest BCUT2D eigenvalue weighted by Gasteiger charge is 2.33. The third-order valence-electron chi connectivity index (χ3n) is 5.35. The first kappa shape index (κ1) is 25.3. The van der Waals surface area contributed by atoms with Crippen LogP contribution in [-0.4, -0.2) is 43.8 Å². The van der Waals surface area contributed by atoms with E-state index >= 15 is 0 Å². The highest BCUT2D eigenvalue weighted by molar-refractivity contribution is 6.33. The fourth-order valence-electron chi connectivity index (χ4n) is 3.61. The first-order valence-electron chi connectivity index (χ1n) is 10.8. The molecule has 1 N–H and O–H groups in total. The number of halogens is 4. The predicted molar refractivity (Wildman–Crippen MR) is 120 cm³/mol. The summed E-state index contributed by atoms with van der Waals surface area (Å²) in [6, 6.07) is 8.37. The molecule has 0 saturated carbocycles. The summed E-state index contributed by atoms with van der Waals surface area (Å²) in [5, 5.41) is 2.90. The molecular weight excluding hydrogens is 459 g/mol. The Hall–Kier alpha value is -2.36. The molecule has 1 saturated heterocycles. The van der Waals surface area contributed by atoms with Crippen molar-refractivity contribution in [3.05, 3.63) is 52.7 Å². The summed E-state index contributed by atoms with van der Waals surface area (Å²) in [7, 11) is 0. The molecular formula is C23H27ClF3N3O3. The summed E-state index contributed by atoms with van der Waals surface area (Å²) in [5.74, 6) is 0.0108. The maximum absolute atomic E-state index is 12.8. The number of alkyl halides is 3. The fourth-order valence-corrected chi connectivity index (χ4v) is 3.89. The van der Waals surface area contributed by atoms with Crippen LogP contribution >= 0.6 is 11.6 Å². The van der Waals surface area contributed by atoms with Crippen molar-refractivity contribution in [2.24, 2.45) is 5.92 Å². The molecule has 0 aliphatic carbocycles. The summed E-state index contributed by atoms with van der Waals surface area (Å²) in [5.41, 5.74) is 0.760. The lowest BCUT2D eigenvalue weighted by Gasteiger charge is -2.32. The number of nitrogens with zero attached hydrogens (tertiary/aromatic N) is 2. The van der Waals surface area contributed by atoms with Crippen molar-refractivity contribution in [2.75, 3.05) is 43.1 Å². The predicted octanol–water partition coefficient (Wildman–Crippen LogP) is 5.16. The van der Waals surface area contributed by atoms with Crippen molar-refractivity contribution in [1.29, 1.82) is 0 Å². The molecule has 1 amide bonds. The van der Waals surface area contributed by atoms with Crippen molar-refractivity contribution in [3.8, 4) is 0 Å². The molecule has 3 rings (SSSR count).